The van der Waals surface area contributed by atoms with E-state index in [1.54, 1.807) is 11.3 Å². The largest absolute Gasteiger partial charge is 0.308 e. The first kappa shape index (κ1) is 12.0. The quantitative estimate of drug-likeness (QED) is 0.924. The maximum absolute atomic E-state index is 4.60. The monoisotopic (exact) mass is 298 g/mol. The summed E-state index contributed by atoms with van der Waals surface area (Å²) in [5.41, 5.74) is 1.09. The van der Waals surface area contributed by atoms with Gasteiger partial charge < -0.3 is 5.32 Å². The maximum Gasteiger partial charge on any atom is 0.108 e. The van der Waals surface area contributed by atoms with Gasteiger partial charge in [0.1, 0.15) is 5.01 Å². The van der Waals surface area contributed by atoms with Crippen LogP contribution < -0.4 is 5.32 Å². The fourth-order valence-corrected chi connectivity index (χ4v) is 2.90. The number of fused-ring (bicyclic) bond motifs is 1. The Morgan fingerprint density at radius 2 is 2.31 bits per heavy atom. The van der Waals surface area contributed by atoms with E-state index >= 15 is 0 Å². The number of hydrogen-bond donors (Lipinski definition) is 1. The summed E-state index contributed by atoms with van der Waals surface area (Å²) in [6.07, 6.45) is 1.15. The summed E-state index contributed by atoms with van der Waals surface area (Å²) < 4.78 is 2.36. The average molecular weight is 299 g/mol. The lowest BCUT2D eigenvalue weighted by molar-refractivity contribution is 0.533. The van der Waals surface area contributed by atoms with E-state index in [1.807, 2.05) is 6.07 Å². The number of aromatic nitrogens is 1. The second-order valence-corrected chi connectivity index (χ2v) is 5.94. The normalized spacial score (nSPS) is 13.2. The SMILES string of the molecule is CCC(C)NCc1nc2ccc(Br)cc2s1. The molecule has 0 aliphatic heterocycles. The second-order valence-electron chi connectivity index (χ2n) is 3.91. The number of rotatable bonds is 4. The minimum atomic E-state index is 0.554. The van der Waals surface area contributed by atoms with Crippen molar-refractivity contribution in [3.63, 3.8) is 0 Å². The summed E-state index contributed by atoms with van der Waals surface area (Å²) in [6, 6.07) is 6.77. The highest BCUT2D eigenvalue weighted by atomic mass is 79.9. The van der Waals surface area contributed by atoms with Crippen LogP contribution in [0.4, 0.5) is 0 Å². The van der Waals surface area contributed by atoms with Crippen molar-refractivity contribution in [2.45, 2.75) is 32.9 Å². The van der Waals surface area contributed by atoms with E-state index in [2.05, 4.69) is 52.2 Å². The third-order valence-electron chi connectivity index (χ3n) is 2.61. The van der Waals surface area contributed by atoms with Crippen molar-refractivity contribution in [1.82, 2.24) is 10.3 Å². The van der Waals surface area contributed by atoms with Crippen LogP contribution in [0.15, 0.2) is 22.7 Å². The molecule has 1 N–H and O–H groups in total. The van der Waals surface area contributed by atoms with Crippen LogP contribution >= 0.6 is 27.3 Å². The zero-order chi connectivity index (χ0) is 11.5. The molecule has 0 saturated heterocycles. The van der Waals surface area contributed by atoms with E-state index in [9.17, 15) is 0 Å². The van der Waals surface area contributed by atoms with Crippen molar-refractivity contribution in [2.75, 3.05) is 0 Å². The summed E-state index contributed by atoms with van der Waals surface area (Å²) in [6.45, 7) is 5.25. The molecule has 2 aromatic rings. The number of benzene rings is 1. The number of nitrogens with one attached hydrogen (secondary N) is 1. The van der Waals surface area contributed by atoms with Crippen LogP contribution in [0.2, 0.25) is 0 Å². The van der Waals surface area contributed by atoms with Gasteiger partial charge in [-0.15, -0.1) is 11.3 Å². The van der Waals surface area contributed by atoms with Gasteiger partial charge in [0.25, 0.3) is 0 Å². The lowest BCUT2D eigenvalue weighted by Gasteiger charge is -2.08. The fraction of sp³-hybridized carbons (Fsp3) is 0.417. The van der Waals surface area contributed by atoms with Gasteiger partial charge in [-0.2, -0.15) is 0 Å². The van der Waals surface area contributed by atoms with Crippen LogP contribution in [-0.4, -0.2) is 11.0 Å². The Morgan fingerprint density at radius 1 is 1.50 bits per heavy atom. The zero-order valence-corrected chi connectivity index (χ0v) is 11.9. The molecule has 2 rings (SSSR count). The van der Waals surface area contributed by atoms with E-state index in [-0.39, 0.29) is 0 Å². The van der Waals surface area contributed by atoms with Crippen molar-refractivity contribution in [3.8, 4) is 0 Å². The van der Waals surface area contributed by atoms with Crippen molar-refractivity contribution in [2.24, 2.45) is 0 Å². The lowest BCUT2D eigenvalue weighted by atomic mass is 10.3. The number of thiazole rings is 1. The van der Waals surface area contributed by atoms with E-state index in [1.165, 1.54) is 4.70 Å². The highest BCUT2D eigenvalue weighted by molar-refractivity contribution is 9.10. The van der Waals surface area contributed by atoms with Gasteiger partial charge in [-0.05, 0) is 31.5 Å². The average Bonchev–Trinajstić information content (AvgIpc) is 2.67. The van der Waals surface area contributed by atoms with E-state index in [4.69, 9.17) is 0 Å². The van der Waals surface area contributed by atoms with Gasteiger partial charge in [0, 0.05) is 17.1 Å². The lowest BCUT2D eigenvalue weighted by Crippen LogP contribution is -2.24. The Hall–Kier alpha value is -0.450. The van der Waals surface area contributed by atoms with Gasteiger partial charge in [0.2, 0.25) is 0 Å². The second kappa shape index (κ2) is 5.25. The van der Waals surface area contributed by atoms with Gasteiger partial charge in [0.05, 0.1) is 10.2 Å². The highest BCUT2D eigenvalue weighted by Gasteiger charge is 2.05. The minimum absolute atomic E-state index is 0.554. The van der Waals surface area contributed by atoms with Crippen LogP contribution in [0.5, 0.6) is 0 Å². The number of nitrogens with zero attached hydrogens (tertiary/aromatic N) is 1. The molecule has 1 atom stereocenters. The van der Waals surface area contributed by atoms with Crippen molar-refractivity contribution in [3.05, 3.63) is 27.7 Å². The van der Waals surface area contributed by atoms with E-state index in [0.717, 1.165) is 28.0 Å². The molecule has 1 unspecified atom stereocenters. The van der Waals surface area contributed by atoms with Gasteiger partial charge in [-0.25, -0.2) is 4.98 Å². The summed E-state index contributed by atoms with van der Waals surface area (Å²) >= 11 is 5.24. The number of hydrogen-bond acceptors (Lipinski definition) is 3. The standard InChI is InChI=1S/C12H15BrN2S/c1-3-8(2)14-7-12-15-10-5-4-9(13)6-11(10)16-12/h4-6,8,14H,3,7H2,1-2H3. The van der Waals surface area contributed by atoms with Gasteiger partial charge >= 0.3 is 0 Å². The molecule has 4 heteroatoms. The molecule has 0 aliphatic carbocycles. The molecule has 0 aliphatic rings. The Kier molecular flexibility index (Phi) is 3.95. The first-order chi connectivity index (χ1) is 7.69. The molecule has 1 heterocycles. The van der Waals surface area contributed by atoms with Crippen LogP contribution in [0.1, 0.15) is 25.3 Å². The maximum atomic E-state index is 4.60. The molecule has 0 bridgehead atoms. The molecular formula is C12H15BrN2S. The first-order valence-corrected chi connectivity index (χ1v) is 7.08. The molecule has 1 aromatic heterocycles. The summed E-state index contributed by atoms with van der Waals surface area (Å²) in [7, 11) is 0. The molecule has 0 radical (unpaired) electrons. The van der Waals surface area contributed by atoms with Crippen LogP contribution in [-0.2, 0) is 6.54 Å². The van der Waals surface area contributed by atoms with Gasteiger partial charge in [0.15, 0.2) is 0 Å². The molecule has 86 valence electrons. The number of halogens is 1. The van der Waals surface area contributed by atoms with Gasteiger partial charge in [-0.3, -0.25) is 0 Å². The predicted molar refractivity (Wildman–Crippen MR) is 73.9 cm³/mol. The topological polar surface area (TPSA) is 24.9 Å². The Bertz CT molecular complexity index is 481. The van der Waals surface area contributed by atoms with Crippen molar-refractivity contribution in [1.29, 1.82) is 0 Å². The fourth-order valence-electron chi connectivity index (χ4n) is 1.43. The third-order valence-corrected chi connectivity index (χ3v) is 4.12. The van der Waals surface area contributed by atoms with Crippen LogP contribution in [0.3, 0.4) is 0 Å². The smallest absolute Gasteiger partial charge is 0.108 e. The molecule has 2 nitrogen and oxygen atoms in total. The van der Waals surface area contributed by atoms with E-state index in [0.29, 0.717) is 6.04 Å². The first-order valence-electron chi connectivity index (χ1n) is 5.47. The predicted octanol–water partition coefficient (Wildman–Crippen LogP) is 3.95. The van der Waals surface area contributed by atoms with Crippen LogP contribution in [0, 0.1) is 0 Å². The van der Waals surface area contributed by atoms with Crippen LogP contribution in [0.25, 0.3) is 10.2 Å². The van der Waals surface area contributed by atoms with E-state index < -0.39 is 0 Å². The van der Waals surface area contributed by atoms with Crippen molar-refractivity contribution < 1.29 is 0 Å². The Morgan fingerprint density at radius 3 is 3.06 bits per heavy atom. The zero-order valence-electron chi connectivity index (χ0n) is 9.46. The molecular weight excluding hydrogens is 284 g/mol. The summed E-state index contributed by atoms with van der Waals surface area (Å²) in [5, 5.41) is 4.62. The summed E-state index contributed by atoms with van der Waals surface area (Å²) in [4.78, 5) is 4.60. The molecule has 0 saturated carbocycles. The van der Waals surface area contributed by atoms with Gasteiger partial charge in [-0.1, -0.05) is 22.9 Å². The molecule has 0 amide bonds. The highest BCUT2D eigenvalue weighted by Crippen LogP contribution is 2.25. The minimum Gasteiger partial charge on any atom is -0.308 e. The Labute approximate surface area is 108 Å². The molecule has 16 heavy (non-hydrogen) atoms. The third kappa shape index (κ3) is 2.81. The Balaban J connectivity index is 2.13. The summed E-state index contributed by atoms with van der Waals surface area (Å²) in [5.74, 6) is 0. The van der Waals surface area contributed by atoms with Crippen molar-refractivity contribution >= 4 is 37.5 Å². The molecule has 0 spiro atoms. The molecule has 0 fully saturated rings. The molecule has 1 aromatic carbocycles.